The van der Waals surface area contributed by atoms with Crippen molar-refractivity contribution in [3.63, 3.8) is 0 Å². The van der Waals surface area contributed by atoms with Crippen LogP contribution in [0.4, 0.5) is 5.69 Å². The van der Waals surface area contributed by atoms with Crippen molar-refractivity contribution in [2.45, 2.75) is 58.0 Å². The Morgan fingerprint density at radius 1 is 1.15 bits per heavy atom. The minimum Gasteiger partial charge on any atom is -0.386 e. The van der Waals surface area contributed by atoms with Crippen LogP contribution in [0.2, 0.25) is 0 Å². The van der Waals surface area contributed by atoms with E-state index >= 15 is 0 Å². The molecule has 0 spiro atoms. The zero-order chi connectivity index (χ0) is 14.2. The van der Waals surface area contributed by atoms with Crippen molar-refractivity contribution in [2.24, 2.45) is 16.8 Å². The topological polar surface area (TPSA) is 32.6 Å². The lowest BCUT2D eigenvalue weighted by Crippen LogP contribution is -2.23. The van der Waals surface area contributed by atoms with Gasteiger partial charge in [-0.2, -0.15) is 0 Å². The Bertz CT molecular complexity index is 509. The summed E-state index contributed by atoms with van der Waals surface area (Å²) in [5.74, 6) is 1.74. The third-order valence-electron chi connectivity index (χ3n) is 5.03. The molecule has 0 saturated heterocycles. The normalized spacial score (nSPS) is 23.6. The molecule has 3 rings (SSSR count). The molecule has 0 amide bonds. The second-order valence-electron chi connectivity index (χ2n) is 6.94. The van der Waals surface area contributed by atoms with E-state index in [1.54, 1.807) is 0 Å². The number of rotatable bonds is 2. The van der Waals surface area contributed by atoms with Gasteiger partial charge in [0.05, 0.1) is 11.3 Å². The summed E-state index contributed by atoms with van der Waals surface area (Å²) in [6, 6.07) is 6.21. The van der Waals surface area contributed by atoms with Crippen LogP contribution < -0.4 is 0 Å². The van der Waals surface area contributed by atoms with Crippen LogP contribution in [0.5, 0.6) is 0 Å². The van der Waals surface area contributed by atoms with Crippen molar-refractivity contribution < 1.29 is 5.11 Å². The average molecular weight is 271 g/mol. The van der Waals surface area contributed by atoms with Gasteiger partial charge in [0, 0.05) is 6.21 Å². The number of aliphatic imine (C=N–C) groups is 1. The highest BCUT2D eigenvalue weighted by atomic mass is 16.3. The maximum atomic E-state index is 10.2. The Labute approximate surface area is 121 Å². The van der Waals surface area contributed by atoms with Gasteiger partial charge >= 0.3 is 0 Å². The van der Waals surface area contributed by atoms with Crippen LogP contribution in [0.3, 0.4) is 0 Å². The minimum atomic E-state index is -0.769. The second kappa shape index (κ2) is 5.33. The number of benzene rings is 1. The molecule has 1 atom stereocenters. The van der Waals surface area contributed by atoms with Gasteiger partial charge < -0.3 is 5.11 Å². The molecule has 2 aliphatic rings. The number of aliphatic hydroxyl groups is 1. The van der Waals surface area contributed by atoms with Crippen molar-refractivity contribution in [3.8, 4) is 0 Å². The number of nitrogens with zero attached hydrogens (tertiary/aromatic N) is 1. The van der Waals surface area contributed by atoms with Gasteiger partial charge in [0.1, 0.15) is 0 Å². The number of fused-ring (bicyclic) bond motifs is 1. The fraction of sp³-hybridized carbons (Fsp3) is 0.611. The van der Waals surface area contributed by atoms with Crippen molar-refractivity contribution >= 4 is 11.9 Å². The van der Waals surface area contributed by atoms with Crippen LogP contribution >= 0.6 is 0 Å². The van der Waals surface area contributed by atoms with Gasteiger partial charge in [-0.3, -0.25) is 4.99 Å². The van der Waals surface area contributed by atoms with Gasteiger partial charge in [-0.15, -0.1) is 0 Å². The first-order valence-electron chi connectivity index (χ1n) is 7.92. The molecule has 108 valence electrons. The molecular formula is C18H25NO. The first kappa shape index (κ1) is 13.8. The van der Waals surface area contributed by atoms with E-state index in [-0.39, 0.29) is 0 Å². The summed E-state index contributed by atoms with van der Waals surface area (Å²) in [5, 5.41) is 10.2. The van der Waals surface area contributed by atoms with Crippen LogP contribution in [-0.4, -0.2) is 11.3 Å². The second-order valence-corrected chi connectivity index (χ2v) is 6.94. The highest BCUT2D eigenvalue weighted by molar-refractivity contribution is 5.66. The summed E-state index contributed by atoms with van der Waals surface area (Å²) in [5.41, 5.74) is 2.61. The average Bonchev–Trinajstić information content (AvgIpc) is 2.29. The van der Waals surface area contributed by atoms with E-state index in [1.807, 2.05) is 19.9 Å². The van der Waals surface area contributed by atoms with Crippen molar-refractivity contribution in [1.82, 2.24) is 0 Å². The third kappa shape index (κ3) is 2.80. The molecule has 1 aliphatic heterocycles. The van der Waals surface area contributed by atoms with E-state index in [9.17, 15) is 5.11 Å². The molecule has 1 aliphatic carbocycles. The van der Waals surface area contributed by atoms with Gasteiger partial charge in [0.2, 0.25) is 0 Å². The van der Waals surface area contributed by atoms with Crippen molar-refractivity contribution in [3.05, 3.63) is 29.3 Å². The molecule has 1 fully saturated rings. The summed E-state index contributed by atoms with van der Waals surface area (Å²) < 4.78 is 0. The molecule has 1 aromatic carbocycles. The maximum absolute atomic E-state index is 10.2. The summed E-state index contributed by atoms with van der Waals surface area (Å²) in [6.45, 7) is 3.69. The maximum Gasteiger partial charge on any atom is 0.0840 e. The molecule has 20 heavy (non-hydrogen) atoms. The van der Waals surface area contributed by atoms with Crippen LogP contribution in [0.1, 0.15) is 57.1 Å². The number of hydrogen-bond donors (Lipinski definition) is 1. The SMILES string of the molecule is CC(C)(O)c1ccc2c(c1)CCC(C1CCC1)CC=N2. The number of hydrogen-bond acceptors (Lipinski definition) is 2. The number of aryl methyl sites for hydroxylation is 1. The lowest BCUT2D eigenvalue weighted by Gasteiger charge is -2.34. The first-order chi connectivity index (χ1) is 9.54. The molecule has 0 aromatic heterocycles. The van der Waals surface area contributed by atoms with Crippen molar-refractivity contribution in [1.29, 1.82) is 0 Å². The molecule has 1 N–H and O–H groups in total. The van der Waals surface area contributed by atoms with Crippen LogP contribution in [0.25, 0.3) is 0 Å². The monoisotopic (exact) mass is 271 g/mol. The predicted molar refractivity (Wildman–Crippen MR) is 83.6 cm³/mol. The van der Waals surface area contributed by atoms with Gasteiger partial charge in [-0.05, 0) is 62.1 Å². The van der Waals surface area contributed by atoms with Crippen molar-refractivity contribution in [2.75, 3.05) is 0 Å². The largest absolute Gasteiger partial charge is 0.386 e. The van der Waals surface area contributed by atoms with E-state index < -0.39 is 5.60 Å². The molecule has 0 radical (unpaired) electrons. The Morgan fingerprint density at radius 2 is 1.95 bits per heavy atom. The highest BCUT2D eigenvalue weighted by Crippen LogP contribution is 2.39. The Morgan fingerprint density at radius 3 is 2.60 bits per heavy atom. The zero-order valence-corrected chi connectivity index (χ0v) is 12.6. The molecule has 1 unspecified atom stereocenters. The van der Waals surface area contributed by atoms with Gasteiger partial charge in [0.25, 0.3) is 0 Å². The van der Waals surface area contributed by atoms with Crippen LogP contribution in [-0.2, 0) is 12.0 Å². The van der Waals surface area contributed by atoms with E-state index in [4.69, 9.17) is 0 Å². The van der Waals surface area contributed by atoms with Gasteiger partial charge in [0.15, 0.2) is 0 Å². The first-order valence-corrected chi connectivity index (χ1v) is 7.92. The van der Waals surface area contributed by atoms with E-state index in [2.05, 4.69) is 23.3 Å². The Balaban J connectivity index is 1.83. The lowest BCUT2D eigenvalue weighted by molar-refractivity contribution is 0.0785. The lowest BCUT2D eigenvalue weighted by atomic mass is 9.72. The minimum absolute atomic E-state index is 0.769. The molecular weight excluding hydrogens is 246 g/mol. The summed E-state index contributed by atoms with van der Waals surface area (Å²) >= 11 is 0. The fourth-order valence-electron chi connectivity index (χ4n) is 3.38. The molecule has 0 bridgehead atoms. The Hall–Kier alpha value is -1.15. The van der Waals surface area contributed by atoms with E-state index in [1.165, 1.54) is 31.2 Å². The Kier molecular flexibility index (Phi) is 3.68. The van der Waals surface area contributed by atoms with Crippen LogP contribution in [0.15, 0.2) is 23.2 Å². The van der Waals surface area contributed by atoms with Gasteiger partial charge in [-0.1, -0.05) is 31.4 Å². The highest BCUT2D eigenvalue weighted by Gasteiger charge is 2.27. The zero-order valence-electron chi connectivity index (χ0n) is 12.6. The summed E-state index contributed by atoms with van der Waals surface area (Å²) in [6.07, 6.45) is 9.85. The predicted octanol–water partition coefficient (Wildman–Crippen LogP) is 4.37. The molecule has 1 heterocycles. The van der Waals surface area contributed by atoms with E-state index in [0.717, 1.165) is 35.9 Å². The summed E-state index contributed by atoms with van der Waals surface area (Å²) in [7, 11) is 0. The van der Waals surface area contributed by atoms with E-state index in [0.29, 0.717) is 0 Å². The molecule has 2 heteroatoms. The summed E-state index contributed by atoms with van der Waals surface area (Å²) in [4.78, 5) is 4.65. The van der Waals surface area contributed by atoms with Crippen LogP contribution in [0, 0.1) is 11.8 Å². The molecule has 2 nitrogen and oxygen atoms in total. The fourth-order valence-corrected chi connectivity index (χ4v) is 3.38. The standard InChI is InChI=1S/C18H25NO/c1-18(2,20)16-8-9-17-15(12-16)7-6-14(10-11-19-17)13-4-3-5-13/h8-9,11-14,20H,3-7,10H2,1-2H3. The molecule has 1 saturated carbocycles. The quantitative estimate of drug-likeness (QED) is 0.851. The molecule has 1 aromatic rings. The smallest absolute Gasteiger partial charge is 0.0840 e. The van der Waals surface area contributed by atoms with Gasteiger partial charge in [-0.25, -0.2) is 0 Å². The third-order valence-corrected chi connectivity index (χ3v) is 5.03.